The molecule has 1 saturated heterocycles. The third-order valence-electron chi connectivity index (χ3n) is 4.65. The summed E-state index contributed by atoms with van der Waals surface area (Å²) in [5.74, 6) is 1.56. The number of likely N-dealkylation sites (tertiary alicyclic amines) is 1. The first-order chi connectivity index (χ1) is 9.97. The number of carbonyl (C=O) groups is 1. The van der Waals surface area contributed by atoms with Crippen LogP contribution in [0.5, 0.6) is 0 Å². The van der Waals surface area contributed by atoms with E-state index in [1.165, 1.54) is 12.8 Å². The van der Waals surface area contributed by atoms with Crippen molar-refractivity contribution in [1.29, 1.82) is 0 Å². The monoisotopic (exact) mass is 292 g/mol. The molecule has 0 aliphatic carbocycles. The molecule has 1 aromatic heterocycles. The van der Waals surface area contributed by atoms with Gasteiger partial charge in [0.25, 0.3) is 0 Å². The zero-order valence-electron chi connectivity index (χ0n) is 13.8. The molecule has 1 aromatic rings. The molecule has 0 radical (unpaired) electrons. The minimum atomic E-state index is -0.356. The summed E-state index contributed by atoms with van der Waals surface area (Å²) in [4.78, 5) is 19.5. The summed E-state index contributed by atoms with van der Waals surface area (Å²) in [7, 11) is 0. The Morgan fingerprint density at radius 3 is 2.62 bits per heavy atom. The van der Waals surface area contributed by atoms with Crippen LogP contribution in [0.4, 0.5) is 0 Å². The summed E-state index contributed by atoms with van der Waals surface area (Å²) < 4.78 is 1.88. The number of carbonyl (C=O) groups excluding carboxylic acids is 1. The number of nitrogens with zero attached hydrogens (tertiary/aromatic N) is 4. The van der Waals surface area contributed by atoms with Crippen LogP contribution in [0, 0.1) is 5.92 Å². The molecule has 5 heteroatoms. The smallest absolute Gasteiger partial charge is 0.160 e. The van der Waals surface area contributed by atoms with Crippen molar-refractivity contribution >= 4 is 5.78 Å². The summed E-state index contributed by atoms with van der Waals surface area (Å²) in [6.07, 6.45) is 5.20. The van der Waals surface area contributed by atoms with E-state index in [-0.39, 0.29) is 11.3 Å². The largest absolute Gasteiger partial charge is 0.297 e. The van der Waals surface area contributed by atoms with Gasteiger partial charge in [0, 0.05) is 6.54 Å². The average molecular weight is 292 g/mol. The summed E-state index contributed by atoms with van der Waals surface area (Å²) in [5, 5.41) is 4.25. The second kappa shape index (κ2) is 6.69. The first-order valence-corrected chi connectivity index (χ1v) is 8.12. The number of aromatic nitrogens is 3. The van der Waals surface area contributed by atoms with Gasteiger partial charge in [0.05, 0.1) is 12.0 Å². The van der Waals surface area contributed by atoms with Crippen molar-refractivity contribution in [1.82, 2.24) is 19.7 Å². The first-order valence-electron chi connectivity index (χ1n) is 8.12. The maximum Gasteiger partial charge on any atom is 0.160 e. The van der Waals surface area contributed by atoms with Gasteiger partial charge < -0.3 is 0 Å². The fourth-order valence-corrected chi connectivity index (χ4v) is 3.07. The van der Waals surface area contributed by atoms with Crippen LogP contribution in [-0.2, 0) is 17.8 Å². The van der Waals surface area contributed by atoms with Crippen molar-refractivity contribution in [2.45, 2.75) is 65.5 Å². The lowest BCUT2D eigenvalue weighted by Gasteiger charge is -2.36. The van der Waals surface area contributed by atoms with Crippen molar-refractivity contribution in [2.24, 2.45) is 5.92 Å². The predicted octanol–water partition coefficient (Wildman–Crippen LogP) is 2.31. The van der Waals surface area contributed by atoms with Crippen molar-refractivity contribution in [3.63, 3.8) is 0 Å². The minimum absolute atomic E-state index is 0.268. The Kier molecular flexibility index (Phi) is 5.14. The summed E-state index contributed by atoms with van der Waals surface area (Å²) in [6.45, 7) is 11.4. The second-order valence-corrected chi connectivity index (χ2v) is 6.67. The Morgan fingerprint density at radius 1 is 1.38 bits per heavy atom. The highest BCUT2D eigenvalue weighted by molar-refractivity contribution is 5.89. The van der Waals surface area contributed by atoms with Crippen molar-refractivity contribution < 1.29 is 4.79 Å². The van der Waals surface area contributed by atoms with Gasteiger partial charge in [0.15, 0.2) is 5.78 Å². The maximum absolute atomic E-state index is 12.9. The fraction of sp³-hybridized carbons (Fsp3) is 0.812. The Labute approximate surface area is 127 Å². The van der Waals surface area contributed by atoms with E-state index in [1.54, 1.807) is 6.33 Å². The molecule has 2 rings (SSSR count). The van der Waals surface area contributed by atoms with Crippen molar-refractivity contribution in [2.75, 3.05) is 13.1 Å². The first kappa shape index (κ1) is 16.1. The average Bonchev–Trinajstić information content (AvgIpc) is 3.10. The zero-order valence-corrected chi connectivity index (χ0v) is 13.8. The molecule has 2 heterocycles. The van der Waals surface area contributed by atoms with Crippen LogP contribution in [0.2, 0.25) is 0 Å². The third-order valence-corrected chi connectivity index (χ3v) is 4.65. The van der Waals surface area contributed by atoms with E-state index in [0.717, 1.165) is 31.9 Å². The third kappa shape index (κ3) is 3.51. The molecule has 0 spiro atoms. The van der Waals surface area contributed by atoms with Gasteiger partial charge in [-0.25, -0.2) is 9.67 Å². The highest BCUT2D eigenvalue weighted by Crippen LogP contribution is 2.26. The number of hydrogen-bond donors (Lipinski definition) is 0. The quantitative estimate of drug-likeness (QED) is 0.774. The molecule has 21 heavy (non-hydrogen) atoms. The molecule has 1 aliphatic heterocycles. The Balaban J connectivity index is 2.10. The lowest BCUT2D eigenvalue weighted by Crippen LogP contribution is -2.51. The fourth-order valence-electron chi connectivity index (χ4n) is 3.07. The zero-order chi connectivity index (χ0) is 15.5. The van der Waals surface area contributed by atoms with Gasteiger partial charge in [-0.3, -0.25) is 9.69 Å². The van der Waals surface area contributed by atoms with Crippen molar-refractivity contribution in [3.8, 4) is 0 Å². The Hall–Kier alpha value is -1.23. The topological polar surface area (TPSA) is 51.0 Å². The molecule has 0 amide bonds. The highest BCUT2D eigenvalue weighted by atomic mass is 16.1. The van der Waals surface area contributed by atoms with Crippen LogP contribution >= 0.6 is 0 Å². The summed E-state index contributed by atoms with van der Waals surface area (Å²) >= 11 is 0. The van der Waals surface area contributed by atoms with Crippen molar-refractivity contribution in [3.05, 3.63) is 12.2 Å². The molecular formula is C16H28N4O. The Morgan fingerprint density at radius 2 is 2.05 bits per heavy atom. The van der Waals surface area contributed by atoms with Crippen LogP contribution in [-0.4, -0.2) is 44.1 Å². The maximum atomic E-state index is 12.9. The number of Topliss-reactive ketones (excluding diaryl/α,β-unsaturated/α-hetero) is 1. The molecule has 0 N–H and O–H groups in total. The van der Waals surface area contributed by atoms with Gasteiger partial charge in [-0.1, -0.05) is 20.8 Å². The van der Waals surface area contributed by atoms with Gasteiger partial charge in [0.1, 0.15) is 12.2 Å². The van der Waals surface area contributed by atoms with Crippen LogP contribution in [0.15, 0.2) is 6.33 Å². The van der Waals surface area contributed by atoms with Crippen LogP contribution in [0.1, 0.15) is 52.8 Å². The molecule has 5 nitrogen and oxygen atoms in total. The summed E-state index contributed by atoms with van der Waals surface area (Å²) in [6, 6.07) is 0. The molecule has 1 unspecified atom stereocenters. The van der Waals surface area contributed by atoms with E-state index in [4.69, 9.17) is 0 Å². The van der Waals surface area contributed by atoms with E-state index in [2.05, 4.69) is 42.7 Å². The van der Waals surface area contributed by atoms with Gasteiger partial charge in [0.2, 0.25) is 0 Å². The highest BCUT2D eigenvalue weighted by Gasteiger charge is 2.38. The number of hydrogen-bond acceptors (Lipinski definition) is 4. The van der Waals surface area contributed by atoms with E-state index in [0.29, 0.717) is 12.3 Å². The van der Waals surface area contributed by atoms with E-state index in [1.807, 2.05) is 4.68 Å². The molecule has 0 aromatic carbocycles. The van der Waals surface area contributed by atoms with Gasteiger partial charge in [-0.05, 0) is 45.2 Å². The van der Waals surface area contributed by atoms with E-state index < -0.39 is 0 Å². The SMILES string of the molecule is CCC(C)(C(=O)Cc1ncnn1CC(C)C)N1CCCC1. The molecule has 0 bridgehead atoms. The van der Waals surface area contributed by atoms with E-state index >= 15 is 0 Å². The van der Waals surface area contributed by atoms with Crippen LogP contribution in [0.25, 0.3) is 0 Å². The predicted molar refractivity (Wildman–Crippen MR) is 83.1 cm³/mol. The molecule has 1 aliphatic rings. The van der Waals surface area contributed by atoms with Gasteiger partial charge in [-0.15, -0.1) is 0 Å². The normalized spacial score (nSPS) is 19.1. The number of ketones is 1. The molecule has 1 fully saturated rings. The van der Waals surface area contributed by atoms with Gasteiger partial charge >= 0.3 is 0 Å². The van der Waals surface area contributed by atoms with Crippen LogP contribution in [0.3, 0.4) is 0 Å². The standard InChI is InChI=1S/C16H28N4O/c1-5-16(4,19-8-6-7-9-19)14(21)10-15-17-12-18-20(15)11-13(2)3/h12-13H,5-11H2,1-4H3. The molecule has 1 atom stereocenters. The lowest BCUT2D eigenvalue weighted by molar-refractivity contribution is -0.129. The van der Waals surface area contributed by atoms with E-state index in [9.17, 15) is 4.79 Å². The lowest BCUT2D eigenvalue weighted by atomic mass is 9.89. The molecule has 118 valence electrons. The minimum Gasteiger partial charge on any atom is -0.297 e. The van der Waals surface area contributed by atoms with Gasteiger partial charge in [-0.2, -0.15) is 5.10 Å². The summed E-state index contributed by atoms with van der Waals surface area (Å²) in [5.41, 5.74) is -0.356. The molecular weight excluding hydrogens is 264 g/mol. The second-order valence-electron chi connectivity index (χ2n) is 6.67. The number of rotatable bonds is 7. The molecule has 0 saturated carbocycles. The van der Waals surface area contributed by atoms with Crippen LogP contribution < -0.4 is 0 Å². The Bertz CT molecular complexity index is 476.